The molecule has 1 aliphatic heterocycles. The van der Waals surface area contributed by atoms with Gasteiger partial charge in [0.05, 0.1) is 24.7 Å². The second-order valence-corrected chi connectivity index (χ2v) is 6.81. The minimum Gasteiger partial charge on any atom is -0.497 e. The van der Waals surface area contributed by atoms with Crippen LogP contribution in [-0.2, 0) is 17.8 Å². The molecule has 8 nitrogen and oxygen atoms in total. The van der Waals surface area contributed by atoms with Gasteiger partial charge < -0.3 is 20.1 Å². The molecule has 0 aliphatic carbocycles. The van der Waals surface area contributed by atoms with Crippen LogP contribution in [-0.4, -0.2) is 37.2 Å². The van der Waals surface area contributed by atoms with Crippen molar-refractivity contribution in [2.75, 3.05) is 20.3 Å². The summed E-state index contributed by atoms with van der Waals surface area (Å²) >= 11 is 0. The number of aliphatic imine (C=N–C) groups is 1. The maximum Gasteiger partial charge on any atom is 0.269 e. The van der Waals surface area contributed by atoms with E-state index in [0.29, 0.717) is 25.6 Å². The van der Waals surface area contributed by atoms with Crippen LogP contribution in [0.2, 0.25) is 0 Å². The number of hydrogen-bond acceptors (Lipinski definition) is 5. The molecular formula is C21H27IN4O4. The number of benzene rings is 2. The second-order valence-electron chi connectivity index (χ2n) is 6.81. The molecule has 3 rings (SSSR count). The highest BCUT2D eigenvalue weighted by atomic mass is 127. The summed E-state index contributed by atoms with van der Waals surface area (Å²) in [4.78, 5) is 15.1. The zero-order chi connectivity index (χ0) is 20.5. The van der Waals surface area contributed by atoms with E-state index in [1.54, 1.807) is 19.2 Å². The van der Waals surface area contributed by atoms with Gasteiger partial charge in [0.15, 0.2) is 5.96 Å². The lowest BCUT2D eigenvalue weighted by molar-refractivity contribution is -0.384. The summed E-state index contributed by atoms with van der Waals surface area (Å²) in [6.45, 7) is 2.49. The Morgan fingerprint density at radius 2 is 2.03 bits per heavy atom. The lowest BCUT2D eigenvalue weighted by Gasteiger charge is -2.16. The Morgan fingerprint density at radius 3 is 2.70 bits per heavy atom. The monoisotopic (exact) mass is 526 g/mol. The minimum absolute atomic E-state index is 0. The Kier molecular flexibility index (Phi) is 9.81. The number of halogens is 1. The van der Waals surface area contributed by atoms with Gasteiger partial charge >= 0.3 is 0 Å². The van der Waals surface area contributed by atoms with Gasteiger partial charge in [-0.1, -0.05) is 24.3 Å². The van der Waals surface area contributed by atoms with E-state index in [2.05, 4.69) is 15.6 Å². The van der Waals surface area contributed by atoms with Crippen LogP contribution >= 0.6 is 24.0 Å². The summed E-state index contributed by atoms with van der Waals surface area (Å²) in [5, 5.41) is 17.4. The molecule has 9 heteroatoms. The van der Waals surface area contributed by atoms with E-state index in [1.807, 2.05) is 24.3 Å². The van der Waals surface area contributed by atoms with Crippen LogP contribution in [0, 0.1) is 10.1 Å². The number of hydrogen-bond donors (Lipinski definition) is 2. The lowest BCUT2D eigenvalue weighted by Crippen LogP contribution is -2.40. The summed E-state index contributed by atoms with van der Waals surface area (Å²) in [6, 6.07) is 14.3. The molecule has 0 radical (unpaired) electrons. The van der Waals surface area contributed by atoms with Crippen molar-refractivity contribution < 1.29 is 14.4 Å². The maximum absolute atomic E-state index is 10.8. The molecule has 1 heterocycles. The average molecular weight is 526 g/mol. The molecular weight excluding hydrogens is 499 g/mol. The lowest BCUT2D eigenvalue weighted by atomic mass is 10.2. The predicted molar refractivity (Wildman–Crippen MR) is 126 cm³/mol. The first kappa shape index (κ1) is 23.9. The first-order valence-electron chi connectivity index (χ1n) is 9.64. The Labute approximate surface area is 193 Å². The minimum atomic E-state index is -0.401. The van der Waals surface area contributed by atoms with E-state index in [1.165, 1.54) is 12.1 Å². The molecule has 2 aromatic carbocycles. The molecule has 1 unspecified atom stereocenters. The number of nitrogens with one attached hydrogen (secondary N) is 2. The summed E-state index contributed by atoms with van der Waals surface area (Å²) < 4.78 is 10.9. The van der Waals surface area contributed by atoms with Gasteiger partial charge in [0.25, 0.3) is 5.69 Å². The summed E-state index contributed by atoms with van der Waals surface area (Å²) in [6.07, 6.45) is 2.32. The van der Waals surface area contributed by atoms with Gasteiger partial charge in [-0.3, -0.25) is 10.1 Å². The summed E-state index contributed by atoms with van der Waals surface area (Å²) in [5.41, 5.74) is 2.05. The quantitative estimate of drug-likeness (QED) is 0.179. The van der Waals surface area contributed by atoms with E-state index in [0.717, 1.165) is 36.3 Å². The molecule has 1 atom stereocenters. The molecule has 0 aromatic heterocycles. The molecule has 0 spiro atoms. The number of guanidine groups is 1. The molecule has 1 saturated heterocycles. The van der Waals surface area contributed by atoms with Crippen molar-refractivity contribution in [3.8, 4) is 5.75 Å². The van der Waals surface area contributed by atoms with Crippen molar-refractivity contribution in [1.29, 1.82) is 0 Å². The van der Waals surface area contributed by atoms with Crippen molar-refractivity contribution in [3.63, 3.8) is 0 Å². The van der Waals surface area contributed by atoms with Crippen LogP contribution in [0.1, 0.15) is 24.0 Å². The molecule has 0 bridgehead atoms. The van der Waals surface area contributed by atoms with Gasteiger partial charge in [0.2, 0.25) is 0 Å². The van der Waals surface area contributed by atoms with Gasteiger partial charge in [-0.2, -0.15) is 0 Å². The maximum atomic E-state index is 10.8. The number of non-ortho nitro benzene ring substituents is 1. The van der Waals surface area contributed by atoms with Crippen LogP contribution in [0.25, 0.3) is 0 Å². The third-order valence-corrected chi connectivity index (χ3v) is 4.68. The highest BCUT2D eigenvalue weighted by Crippen LogP contribution is 2.14. The van der Waals surface area contributed by atoms with Crippen LogP contribution in [0.15, 0.2) is 53.5 Å². The van der Waals surface area contributed by atoms with E-state index < -0.39 is 4.92 Å². The van der Waals surface area contributed by atoms with Gasteiger partial charge in [0.1, 0.15) is 5.75 Å². The first-order chi connectivity index (χ1) is 14.1. The van der Waals surface area contributed by atoms with E-state index >= 15 is 0 Å². The van der Waals surface area contributed by atoms with Gasteiger partial charge in [-0.15, -0.1) is 24.0 Å². The Balaban J connectivity index is 0.00000320. The highest BCUT2D eigenvalue weighted by molar-refractivity contribution is 14.0. The molecule has 30 heavy (non-hydrogen) atoms. The third kappa shape index (κ3) is 7.45. The SMILES string of the molecule is COc1cccc(CN=C(NCc2ccc([N+](=O)[O-])cc2)NCC2CCCO2)c1.I. The largest absolute Gasteiger partial charge is 0.497 e. The average Bonchev–Trinajstić information content (AvgIpc) is 3.27. The van der Waals surface area contributed by atoms with Gasteiger partial charge in [-0.25, -0.2) is 4.99 Å². The van der Waals surface area contributed by atoms with E-state index in [4.69, 9.17) is 9.47 Å². The molecule has 0 saturated carbocycles. The van der Waals surface area contributed by atoms with Gasteiger partial charge in [0, 0.05) is 31.8 Å². The Hall–Kier alpha value is -2.40. The number of nitro groups is 1. The van der Waals surface area contributed by atoms with E-state index in [9.17, 15) is 10.1 Å². The fourth-order valence-corrected chi connectivity index (χ4v) is 3.05. The number of methoxy groups -OCH3 is 1. The third-order valence-electron chi connectivity index (χ3n) is 4.68. The van der Waals surface area contributed by atoms with E-state index in [-0.39, 0.29) is 35.8 Å². The standard InChI is InChI=1S/C21H26N4O4.HI/c1-28-19-5-2-4-17(12-19)14-23-21(24-15-20-6-3-11-29-20)22-13-16-7-9-18(10-8-16)25(26)27;/h2,4-5,7-10,12,20H,3,6,11,13-15H2,1H3,(H2,22,23,24);1H. The van der Waals surface area contributed by atoms with Crippen molar-refractivity contribution in [2.45, 2.75) is 32.0 Å². The van der Waals surface area contributed by atoms with Crippen LogP contribution in [0.3, 0.4) is 0 Å². The summed E-state index contributed by atoms with van der Waals surface area (Å²) in [5.74, 6) is 1.46. The Morgan fingerprint density at radius 1 is 1.23 bits per heavy atom. The fraction of sp³-hybridized carbons (Fsp3) is 0.381. The molecule has 2 aromatic rings. The second kappa shape index (κ2) is 12.3. The molecule has 1 fully saturated rings. The van der Waals surface area contributed by atoms with Crippen LogP contribution < -0.4 is 15.4 Å². The zero-order valence-electron chi connectivity index (χ0n) is 16.9. The van der Waals surface area contributed by atoms with Crippen LogP contribution in [0.5, 0.6) is 5.75 Å². The number of nitrogens with zero attached hydrogens (tertiary/aromatic N) is 2. The normalized spacial score (nSPS) is 15.9. The van der Waals surface area contributed by atoms with Crippen molar-refractivity contribution in [1.82, 2.24) is 10.6 Å². The number of ether oxygens (including phenoxy) is 2. The van der Waals surface area contributed by atoms with Crippen LogP contribution in [0.4, 0.5) is 5.69 Å². The molecule has 1 aliphatic rings. The Bertz CT molecular complexity index is 839. The summed E-state index contributed by atoms with van der Waals surface area (Å²) in [7, 11) is 1.64. The first-order valence-corrected chi connectivity index (χ1v) is 9.64. The zero-order valence-corrected chi connectivity index (χ0v) is 19.2. The number of rotatable bonds is 8. The highest BCUT2D eigenvalue weighted by Gasteiger charge is 2.15. The molecule has 2 N–H and O–H groups in total. The van der Waals surface area contributed by atoms with Crippen molar-refractivity contribution in [3.05, 3.63) is 69.8 Å². The van der Waals surface area contributed by atoms with Gasteiger partial charge in [-0.05, 0) is 36.1 Å². The molecule has 162 valence electrons. The fourth-order valence-electron chi connectivity index (χ4n) is 3.05. The topological polar surface area (TPSA) is 98.0 Å². The predicted octanol–water partition coefficient (Wildman–Crippen LogP) is 3.64. The molecule has 0 amide bonds. The number of nitro benzene ring substituents is 1. The van der Waals surface area contributed by atoms with Crippen molar-refractivity contribution >= 4 is 35.6 Å². The van der Waals surface area contributed by atoms with Crippen molar-refractivity contribution in [2.24, 2.45) is 4.99 Å². The smallest absolute Gasteiger partial charge is 0.269 e.